The zero-order chi connectivity index (χ0) is 17.6. The highest BCUT2D eigenvalue weighted by Crippen LogP contribution is 2.56. The van der Waals surface area contributed by atoms with Crippen molar-refractivity contribution in [1.29, 1.82) is 0 Å². The van der Waals surface area contributed by atoms with E-state index >= 15 is 0 Å². The van der Waals surface area contributed by atoms with Crippen molar-refractivity contribution in [2.24, 2.45) is 5.92 Å². The van der Waals surface area contributed by atoms with E-state index in [9.17, 15) is 9.59 Å². The number of thioether (sulfide) groups is 1. The predicted octanol–water partition coefficient (Wildman–Crippen LogP) is 1.17. The first-order valence-corrected chi connectivity index (χ1v) is 9.53. The molecule has 1 aromatic heterocycles. The summed E-state index contributed by atoms with van der Waals surface area (Å²) in [6.07, 6.45) is 7.82. The van der Waals surface area contributed by atoms with E-state index in [2.05, 4.69) is 51.9 Å². The van der Waals surface area contributed by atoms with Gasteiger partial charge in [-0.3, -0.25) is 9.59 Å². The van der Waals surface area contributed by atoms with E-state index in [0.717, 1.165) is 19.3 Å². The molecule has 9 heteroatoms. The summed E-state index contributed by atoms with van der Waals surface area (Å²) in [6, 6.07) is -0.682. The van der Waals surface area contributed by atoms with Crippen LogP contribution < -0.4 is 5.32 Å². The first-order chi connectivity index (χ1) is 12.0. The molecule has 134 valence electrons. The molecule has 0 saturated carbocycles. The van der Waals surface area contributed by atoms with Gasteiger partial charge < -0.3 is 10.2 Å². The summed E-state index contributed by atoms with van der Waals surface area (Å²) in [4.78, 5) is 26.8. The number of allylic oxidation sites excluding steroid dienone is 2. The lowest BCUT2D eigenvalue weighted by Crippen LogP contribution is -2.68. The second-order valence-electron chi connectivity index (χ2n) is 7.43. The number of hydrogen-bond acceptors (Lipinski definition) is 6. The van der Waals surface area contributed by atoms with Gasteiger partial charge in [0.2, 0.25) is 11.8 Å². The molecule has 2 saturated heterocycles. The lowest BCUT2D eigenvalue weighted by Gasteiger charge is -2.44. The third kappa shape index (κ3) is 2.84. The van der Waals surface area contributed by atoms with Crippen molar-refractivity contribution in [2.45, 2.75) is 61.7 Å². The van der Waals surface area contributed by atoms with Gasteiger partial charge in [0.15, 0.2) is 5.82 Å². The van der Waals surface area contributed by atoms with Crippen molar-refractivity contribution < 1.29 is 9.59 Å². The summed E-state index contributed by atoms with van der Waals surface area (Å²) >= 11 is 1.68. The monoisotopic (exact) mass is 362 g/mol. The standard InChI is InChI=1S/C16H22N6O2S/c1-16(2)12(13-18-20-21-19-13)22-14(24)11(15(22)25-16)17-10(23)8-9-6-4-3-5-7-9/h3-4,9,11-12,15H,5-8H2,1-2H3,(H,17,23)(H,18,19,20,21). The first-order valence-electron chi connectivity index (χ1n) is 8.65. The number of carbonyl (C=O) groups excluding carboxylic acids is 2. The smallest absolute Gasteiger partial charge is 0.249 e. The lowest BCUT2D eigenvalue weighted by molar-refractivity contribution is -0.152. The van der Waals surface area contributed by atoms with Gasteiger partial charge >= 0.3 is 0 Å². The summed E-state index contributed by atoms with van der Waals surface area (Å²) in [7, 11) is 0. The van der Waals surface area contributed by atoms with Crippen LogP contribution in [0.15, 0.2) is 12.2 Å². The fourth-order valence-corrected chi connectivity index (χ4v) is 5.62. The Morgan fingerprint density at radius 3 is 3.00 bits per heavy atom. The van der Waals surface area contributed by atoms with Gasteiger partial charge in [-0.1, -0.05) is 17.4 Å². The van der Waals surface area contributed by atoms with E-state index in [-0.39, 0.29) is 28.0 Å². The quantitative estimate of drug-likeness (QED) is 0.615. The number of hydrogen-bond donors (Lipinski definition) is 2. The largest absolute Gasteiger partial charge is 0.342 e. The average molecular weight is 362 g/mol. The van der Waals surface area contributed by atoms with Gasteiger partial charge in [-0.05, 0) is 39.0 Å². The number of aromatic nitrogens is 4. The van der Waals surface area contributed by atoms with Crippen molar-refractivity contribution in [1.82, 2.24) is 30.8 Å². The first kappa shape index (κ1) is 16.6. The SMILES string of the molecule is CC1(C)SC2C(NC(=O)CC3CC=CCC3)C(=O)N2C1c1nn[nH]n1. The molecule has 0 radical (unpaired) electrons. The highest BCUT2D eigenvalue weighted by atomic mass is 32.2. The van der Waals surface area contributed by atoms with Crippen LogP contribution in [-0.4, -0.2) is 53.5 Å². The Morgan fingerprint density at radius 2 is 2.32 bits per heavy atom. The molecule has 0 bridgehead atoms. The number of β-lactam (4-membered cyclic amide) rings is 1. The van der Waals surface area contributed by atoms with Crippen LogP contribution in [0.4, 0.5) is 0 Å². The fourth-order valence-electron chi connectivity index (χ4n) is 3.99. The molecule has 1 aromatic rings. The number of aromatic amines is 1. The van der Waals surface area contributed by atoms with Crippen molar-refractivity contribution in [2.75, 3.05) is 0 Å². The maximum Gasteiger partial charge on any atom is 0.249 e. The Hall–Kier alpha value is -1.90. The highest BCUT2D eigenvalue weighted by Gasteiger charge is 2.63. The van der Waals surface area contributed by atoms with Crippen LogP contribution in [0.1, 0.15) is 51.4 Å². The molecule has 8 nitrogen and oxygen atoms in total. The molecule has 0 spiro atoms. The maximum absolute atomic E-state index is 12.7. The van der Waals surface area contributed by atoms with Crippen LogP contribution in [0.5, 0.6) is 0 Å². The Labute approximate surface area is 150 Å². The Balaban J connectivity index is 1.42. The summed E-state index contributed by atoms with van der Waals surface area (Å²) in [5.41, 5.74) is 0. The van der Waals surface area contributed by atoms with Gasteiger partial charge in [-0.25, -0.2) is 0 Å². The molecule has 4 unspecified atom stereocenters. The number of H-pyrrole nitrogens is 1. The second-order valence-corrected chi connectivity index (χ2v) is 9.20. The molecule has 25 heavy (non-hydrogen) atoms. The summed E-state index contributed by atoms with van der Waals surface area (Å²) in [6.45, 7) is 4.13. The maximum atomic E-state index is 12.7. The third-order valence-corrected chi connectivity index (χ3v) is 6.79. The Morgan fingerprint density at radius 1 is 1.48 bits per heavy atom. The molecule has 0 aromatic carbocycles. The number of nitrogens with zero attached hydrogens (tertiary/aromatic N) is 4. The number of amides is 2. The van der Waals surface area contributed by atoms with Crippen LogP contribution in [-0.2, 0) is 9.59 Å². The average Bonchev–Trinajstić information content (AvgIpc) is 3.18. The van der Waals surface area contributed by atoms with Gasteiger partial charge in [0.25, 0.3) is 0 Å². The van der Waals surface area contributed by atoms with Crippen LogP contribution in [0.2, 0.25) is 0 Å². The van der Waals surface area contributed by atoms with E-state index in [0.29, 0.717) is 18.2 Å². The van der Waals surface area contributed by atoms with E-state index in [1.54, 1.807) is 16.7 Å². The van der Waals surface area contributed by atoms with Gasteiger partial charge in [0, 0.05) is 11.2 Å². The third-order valence-electron chi connectivity index (χ3n) is 5.22. The summed E-state index contributed by atoms with van der Waals surface area (Å²) in [5, 5.41) is 17.1. The number of carbonyl (C=O) groups is 2. The van der Waals surface area contributed by atoms with Crippen LogP contribution in [0.3, 0.4) is 0 Å². The molecule has 4 rings (SSSR count). The lowest BCUT2D eigenvalue weighted by atomic mass is 9.91. The topological polar surface area (TPSA) is 104 Å². The zero-order valence-electron chi connectivity index (χ0n) is 14.3. The van der Waals surface area contributed by atoms with Crippen molar-refractivity contribution in [3.8, 4) is 0 Å². The van der Waals surface area contributed by atoms with Crippen molar-refractivity contribution >= 4 is 23.6 Å². The number of rotatable bonds is 4. The van der Waals surface area contributed by atoms with E-state index < -0.39 is 6.04 Å². The normalized spacial score (nSPS) is 33.0. The fraction of sp³-hybridized carbons (Fsp3) is 0.688. The molecule has 2 aliphatic heterocycles. The molecular weight excluding hydrogens is 340 g/mol. The minimum atomic E-state index is -0.451. The number of nitrogens with one attached hydrogen (secondary N) is 2. The number of tetrazole rings is 1. The van der Waals surface area contributed by atoms with E-state index in [4.69, 9.17) is 0 Å². The minimum absolute atomic E-state index is 0.0280. The second kappa shape index (κ2) is 6.12. The van der Waals surface area contributed by atoms with Crippen molar-refractivity contribution in [3.05, 3.63) is 18.0 Å². The van der Waals surface area contributed by atoms with Crippen LogP contribution in [0, 0.1) is 5.92 Å². The molecule has 2 N–H and O–H groups in total. The van der Waals surface area contributed by atoms with Crippen molar-refractivity contribution in [3.63, 3.8) is 0 Å². The Bertz CT molecular complexity index is 703. The minimum Gasteiger partial charge on any atom is -0.342 e. The van der Waals surface area contributed by atoms with E-state index in [1.165, 1.54) is 0 Å². The molecule has 2 fully saturated rings. The predicted molar refractivity (Wildman–Crippen MR) is 92.3 cm³/mol. The Kier molecular flexibility index (Phi) is 4.05. The van der Waals surface area contributed by atoms with E-state index in [1.807, 2.05) is 0 Å². The number of fused-ring (bicyclic) bond motifs is 1. The molecule has 1 aliphatic carbocycles. The van der Waals surface area contributed by atoms with Gasteiger partial charge in [0.1, 0.15) is 17.5 Å². The van der Waals surface area contributed by atoms with Gasteiger partial charge in [0.05, 0.1) is 0 Å². The highest BCUT2D eigenvalue weighted by molar-refractivity contribution is 8.01. The van der Waals surface area contributed by atoms with Gasteiger partial charge in [-0.2, -0.15) is 5.21 Å². The summed E-state index contributed by atoms with van der Waals surface area (Å²) < 4.78 is -0.238. The molecule has 3 aliphatic rings. The molecule has 3 heterocycles. The van der Waals surface area contributed by atoms with Crippen LogP contribution in [0.25, 0.3) is 0 Å². The summed E-state index contributed by atoms with van der Waals surface area (Å²) in [5.74, 6) is 0.817. The van der Waals surface area contributed by atoms with Crippen LogP contribution >= 0.6 is 11.8 Å². The molecule has 4 atom stereocenters. The molecule has 2 amide bonds. The van der Waals surface area contributed by atoms with Gasteiger partial charge in [-0.15, -0.1) is 22.0 Å². The zero-order valence-corrected chi connectivity index (χ0v) is 15.1. The molecular formula is C16H22N6O2S.